The van der Waals surface area contributed by atoms with Gasteiger partial charge in [-0.15, -0.1) is 0 Å². The van der Waals surface area contributed by atoms with E-state index in [1.165, 1.54) is 13.8 Å². The van der Waals surface area contributed by atoms with Gasteiger partial charge in [0.05, 0.1) is 10.9 Å². The van der Waals surface area contributed by atoms with Gasteiger partial charge in [-0.2, -0.15) is 0 Å². The molecule has 9 nitrogen and oxygen atoms in total. The number of hydrogen-bond donors (Lipinski definition) is 2. The number of thioether (sulfide) groups is 1. The van der Waals surface area contributed by atoms with E-state index in [9.17, 15) is 24.3 Å². The number of esters is 2. The van der Waals surface area contributed by atoms with Gasteiger partial charge in [0.15, 0.2) is 0 Å². The number of nitrogens with one attached hydrogen (secondary N) is 1. The summed E-state index contributed by atoms with van der Waals surface area (Å²) >= 11 is 0.984. The summed E-state index contributed by atoms with van der Waals surface area (Å²) in [6, 6.07) is 7.15. The fourth-order valence-corrected chi connectivity index (χ4v) is 5.06. The van der Waals surface area contributed by atoms with Crippen molar-refractivity contribution in [2.24, 2.45) is 0 Å². The Balaban J connectivity index is 1.68. The number of ether oxygens (including phenoxy) is 3. The standard InChI is InChI=1S/C28H33NO8S/c1-15-16(2)25(37-19(5)31)22(17(3)24(15)36-18(4)30)11-12-28(6,34)14-35-21-9-7-20(8-10-21)13-23-26(32)29-27(33)38-23/h7-10,23,34H,11-14H2,1-6H3,(H,29,32,33). The molecule has 204 valence electrons. The van der Waals surface area contributed by atoms with Crippen LogP contribution in [0.1, 0.15) is 55.0 Å². The van der Waals surface area contributed by atoms with Crippen LogP contribution in [0.4, 0.5) is 4.79 Å². The first-order valence-electron chi connectivity index (χ1n) is 12.2. The third kappa shape index (κ3) is 7.35. The highest BCUT2D eigenvalue weighted by Gasteiger charge is 2.31. The Morgan fingerprint density at radius 3 is 2.11 bits per heavy atom. The number of benzene rings is 2. The molecule has 0 aromatic heterocycles. The lowest BCUT2D eigenvalue weighted by molar-refractivity contribution is -0.133. The molecule has 10 heteroatoms. The monoisotopic (exact) mass is 543 g/mol. The zero-order valence-corrected chi connectivity index (χ0v) is 23.2. The molecule has 2 aromatic carbocycles. The van der Waals surface area contributed by atoms with E-state index in [0.717, 1.165) is 17.3 Å². The number of imide groups is 1. The molecular weight excluding hydrogens is 510 g/mol. The number of amides is 2. The lowest BCUT2D eigenvalue weighted by Crippen LogP contribution is -2.33. The molecular formula is C28H33NO8S. The summed E-state index contributed by atoms with van der Waals surface area (Å²) < 4.78 is 16.8. The Labute approximate surface area is 226 Å². The van der Waals surface area contributed by atoms with Crippen LogP contribution in [0, 0.1) is 20.8 Å². The fourth-order valence-electron chi connectivity index (χ4n) is 4.20. The molecule has 2 N–H and O–H groups in total. The van der Waals surface area contributed by atoms with Crippen molar-refractivity contribution in [1.29, 1.82) is 0 Å². The van der Waals surface area contributed by atoms with Crippen LogP contribution in [-0.4, -0.2) is 45.6 Å². The van der Waals surface area contributed by atoms with Crippen molar-refractivity contribution < 1.29 is 38.5 Å². The highest BCUT2D eigenvalue weighted by Crippen LogP contribution is 2.39. The largest absolute Gasteiger partial charge is 0.491 e. The molecule has 1 aliphatic rings. The Hall–Kier alpha value is -3.37. The first kappa shape index (κ1) is 29.2. The zero-order chi connectivity index (χ0) is 28.2. The van der Waals surface area contributed by atoms with Crippen LogP contribution in [-0.2, 0) is 27.2 Å². The number of rotatable bonds is 10. The van der Waals surface area contributed by atoms with Crippen LogP contribution in [0.3, 0.4) is 0 Å². The summed E-state index contributed by atoms with van der Waals surface area (Å²) in [6.07, 6.45) is 1.05. The van der Waals surface area contributed by atoms with Gasteiger partial charge in [0.1, 0.15) is 23.9 Å². The Morgan fingerprint density at radius 1 is 0.974 bits per heavy atom. The van der Waals surface area contributed by atoms with Crippen LogP contribution >= 0.6 is 11.8 Å². The SMILES string of the molecule is CC(=O)Oc1c(C)c(C)c(OC(C)=O)c(CCC(C)(O)COc2ccc(CC3SC(=O)NC3=O)cc2)c1C. The van der Waals surface area contributed by atoms with Crippen molar-refractivity contribution in [2.75, 3.05) is 6.61 Å². The van der Waals surface area contributed by atoms with Gasteiger partial charge in [-0.3, -0.25) is 24.5 Å². The van der Waals surface area contributed by atoms with E-state index in [-0.39, 0.29) is 24.2 Å². The molecule has 1 aliphatic heterocycles. The van der Waals surface area contributed by atoms with Gasteiger partial charge in [0, 0.05) is 19.4 Å². The predicted octanol–water partition coefficient (Wildman–Crippen LogP) is 4.12. The molecule has 1 saturated heterocycles. The lowest BCUT2D eigenvalue weighted by Gasteiger charge is -2.26. The van der Waals surface area contributed by atoms with Gasteiger partial charge in [-0.05, 0) is 81.3 Å². The minimum absolute atomic E-state index is 0.00528. The Morgan fingerprint density at radius 2 is 1.55 bits per heavy atom. The summed E-state index contributed by atoms with van der Waals surface area (Å²) in [4.78, 5) is 46.6. The number of hydrogen-bond acceptors (Lipinski definition) is 9. The van der Waals surface area contributed by atoms with Crippen molar-refractivity contribution in [3.8, 4) is 17.2 Å². The van der Waals surface area contributed by atoms with Gasteiger partial charge in [0.2, 0.25) is 5.91 Å². The molecule has 2 amide bonds. The Bertz CT molecular complexity index is 1250. The van der Waals surface area contributed by atoms with E-state index in [4.69, 9.17) is 14.2 Å². The molecule has 1 heterocycles. The average molecular weight is 544 g/mol. The molecule has 0 spiro atoms. The maximum absolute atomic E-state index is 11.8. The normalized spacial score (nSPS) is 16.6. The smallest absolute Gasteiger partial charge is 0.308 e. The minimum atomic E-state index is -1.22. The van der Waals surface area contributed by atoms with Gasteiger partial charge in [-0.1, -0.05) is 23.9 Å². The first-order chi connectivity index (χ1) is 17.8. The van der Waals surface area contributed by atoms with Crippen molar-refractivity contribution in [1.82, 2.24) is 5.32 Å². The molecule has 0 aliphatic carbocycles. The molecule has 0 radical (unpaired) electrons. The van der Waals surface area contributed by atoms with Crippen molar-refractivity contribution >= 4 is 34.8 Å². The molecule has 2 unspecified atom stereocenters. The number of aliphatic hydroxyl groups is 1. The molecule has 2 atom stereocenters. The topological polar surface area (TPSA) is 128 Å². The third-order valence-corrected chi connectivity index (χ3v) is 7.36. The summed E-state index contributed by atoms with van der Waals surface area (Å²) in [5, 5.41) is 12.5. The van der Waals surface area contributed by atoms with Crippen molar-refractivity contribution in [3.63, 3.8) is 0 Å². The van der Waals surface area contributed by atoms with Crippen LogP contribution < -0.4 is 19.5 Å². The average Bonchev–Trinajstić information content (AvgIpc) is 3.15. The van der Waals surface area contributed by atoms with Gasteiger partial charge < -0.3 is 19.3 Å². The van der Waals surface area contributed by atoms with Crippen LogP contribution in [0.25, 0.3) is 0 Å². The first-order valence-corrected chi connectivity index (χ1v) is 13.1. The quantitative estimate of drug-likeness (QED) is 0.336. The van der Waals surface area contributed by atoms with Gasteiger partial charge in [-0.25, -0.2) is 0 Å². The van der Waals surface area contributed by atoms with E-state index in [1.807, 2.05) is 12.1 Å². The maximum atomic E-state index is 11.8. The molecule has 1 fully saturated rings. The van der Waals surface area contributed by atoms with Crippen LogP contribution in [0.5, 0.6) is 17.2 Å². The molecule has 3 rings (SSSR count). The summed E-state index contributed by atoms with van der Waals surface area (Å²) in [5.41, 5.74) is 2.40. The number of carbonyl (C=O) groups excluding carboxylic acids is 4. The van der Waals surface area contributed by atoms with Gasteiger partial charge >= 0.3 is 11.9 Å². The highest BCUT2D eigenvalue weighted by atomic mass is 32.2. The van der Waals surface area contributed by atoms with E-state index >= 15 is 0 Å². The maximum Gasteiger partial charge on any atom is 0.308 e. The Kier molecular flexibility index (Phi) is 9.22. The minimum Gasteiger partial charge on any atom is -0.491 e. The second-order valence-corrected chi connectivity index (χ2v) is 10.9. The second kappa shape index (κ2) is 12.0. The van der Waals surface area contributed by atoms with Crippen LogP contribution in [0.15, 0.2) is 24.3 Å². The van der Waals surface area contributed by atoms with E-state index in [0.29, 0.717) is 52.3 Å². The third-order valence-electron chi connectivity index (χ3n) is 6.38. The molecule has 38 heavy (non-hydrogen) atoms. The van der Waals surface area contributed by atoms with Gasteiger partial charge in [0.25, 0.3) is 5.24 Å². The highest BCUT2D eigenvalue weighted by molar-refractivity contribution is 8.15. The predicted molar refractivity (Wildman–Crippen MR) is 143 cm³/mol. The fraction of sp³-hybridized carbons (Fsp3) is 0.429. The van der Waals surface area contributed by atoms with E-state index in [1.54, 1.807) is 39.8 Å². The van der Waals surface area contributed by atoms with Crippen molar-refractivity contribution in [2.45, 2.75) is 71.7 Å². The summed E-state index contributed by atoms with van der Waals surface area (Å²) in [5.74, 6) is 0.180. The van der Waals surface area contributed by atoms with E-state index in [2.05, 4.69) is 5.32 Å². The van der Waals surface area contributed by atoms with E-state index < -0.39 is 22.8 Å². The zero-order valence-electron chi connectivity index (χ0n) is 22.4. The molecule has 0 bridgehead atoms. The van der Waals surface area contributed by atoms with Crippen molar-refractivity contribution in [3.05, 3.63) is 52.1 Å². The summed E-state index contributed by atoms with van der Waals surface area (Å²) in [6.45, 7) is 9.70. The second-order valence-electron chi connectivity index (χ2n) is 9.72. The molecule has 0 saturated carbocycles. The lowest BCUT2D eigenvalue weighted by atomic mass is 9.90. The molecule has 2 aromatic rings. The van der Waals surface area contributed by atoms with Crippen LogP contribution in [0.2, 0.25) is 0 Å². The number of carbonyl (C=O) groups is 4. The summed E-state index contributed by atoms with van der Waals surface area (Å²) in [7, 11) is 0.